The van der Waals surface area contributed by atoms with Gasteiger partial charge >= 0.3 is 0 Å². The molecule has 0 aliphatic heterocycles. The van der Waals surface area contributed by atoms with Gasteiger partial charge in [-0.25, -0.2) is 0 Å². The highest BCUT2D eigenvalue weighted by Gasteiger charge is 2.35. The number of hydrazine groups is 1. The highest BCUT2D eigenvalue weighted by molar-refractivity contribution is 9.10. The van der Waals surface area contributed by atoms with Crippen LogP contribution in [0.3, 0.4) is 0 Å². The average molecular weight is 337 g/mol. The Balaban J connectivity index is 2.49. The zero-order chi connectivity index (χ0) is 14.8. The maximum atomic E-state index is 5.87. The molecule has 2 rings (SSSR count). The van der Waals surface area contributed by atoms with Crippen molar-refractivity contribution in [1.29, 1.82) is 0 Å². The SMILES string of the molecule is CCn1ncc(Br)c1C(NN)C(C)(C)c1ccccc1. The number of rotatable bonds is 5. The quantitative estimate of drug-likeness (QED) is 0.651. The van der Waals surface area contributed by atoms with Crippen LogP contribution in [0.1, 0.15) is 38.1 Å². The van der Waals surface area contributed by atoms with Gasteiger partial charge in [-0.3, -0.25) is 16.0 Å². The van der Waals surface area contributed by atoms with Crippen molar-refractivity contribution in [3.8, 4) is 0 Å². The first-order chi connectivity index (χ1) is 9.52. The van der Waals surface area contributed by atoms with E-state index in [1.54, 1.807) is 0 Å². The number of nitrogens with zero attached hydrogens (tertiary/aromatic N) is 2. The van der Waals surface area contributed by atoms with Crippen LogP contribution in [0.25, 0.3) is 0 Å². The molecule has 0 amide bonds. The van der Waals surface area contributed by atoms with Crippen LogP contribution in [-0.4, -0.2) is 9.78 Å². The van der Waals surface area contributed by atoms with Gasteiger partial charge in [-0.1, -0.05) is 44.2 Å². The predicted octanol–water partition coefficient (Wildman–Crippen LogP) is 3.15. The lowest BCUT2D eigenvalue weighted by molar-refractivity contribution is 0.331. The smallest absolute Gasteiger partial charge is 0.0731 e. The molecule has 0 saturated carbocycles. The zero-order valence-corrected chi connectivity index (χ0v) is 13.7. The van der Waals surface area contributed by atoms with Gasteiger partial charge < -0.3 is 0 Å². The van der Waals surface area contributed by atoms with Crippen LogP contribution in [0.15, 0.2) is 41.0 Å². The lowest BCUT2D eigenvalue weighted by Gasteiger charge is -2.35. The van der Waals surface area contributed by atoms with E-state index in [1.165, 1.54) is 5.56 Å². The third-order valence-electron chi connectivity index (χ3n) is 3.81. The molecule has 0 fully saturated rings. The lowest BCUT2D eigenvalue weighted by Crippen LogP contribution is -2.42. The standard InChI is InChI=1S/C15H21BrN4/c1-4-20-13(12(16)10-18-20)14(19-17)15(2,3)11-8-6-5-7-9-11/h5-10,14,19H,4,17H2,1-3H3. The molecule has 1 aromatic carbocycles. The van der Waals surface area contributed by atoms with Gasteiger partial charge in [-0.15, -0.1) is 0 Å². The summed E-state index contributed by atoms with van der Waals surface area (Å²) in [5, 5.41) is 4.38. The topological polar surface area (TPSA) is 55.9 Å². The minimum absolute atomic E-state index is 0.0401. The highest BCUT2D eigenvalue weighted by Crippen LogP contribution is 2.38. The van der Waals surface area contributed by atoms with Gasteiger partial charge in [-0.05, 0) is 28.4 Å². The number of nitrogens with one attached hydrogen (secondary N) is 1. The van der Waals surface area contributed by atoms with E-state index in [4.69, 9.17) is 5.84 Å². The maximum absolute atomic E-state index is 5.87. The van der Waals surface area contributed by atoms with Gasteiger partial charge in [0, 0.05) is 12.0 Å². The third-order valence-corrected chi connectivity index (χ3v) is 4.42. The summed E-state index contributed by atoms with van der Waals surface area (Å²) in [7, 11) is 0. The molecule has 1 atom stereocenters. The van der Waals surface area contributed by atoms with Gasteiger partial charge in [0.15, 0.2) is 0 Å². The summed E-state index contributed by atoms with van der Waals surface area (Å²) in [6.07, 6.45) is 1.82. The molecule has 4 nitrogen and oxygen atoms in total. The van der Waals surface area contributed by atoms with Crippen molar-refractivity contribution in [1.82, 2.24) is 15.2 Å². The summed E-state index contributed by atoms with van der Waals surface area (Å²) >= 11 is 3.59. The van der Waals surface area contributed by atoms with Crippen molar-refractivity contribution in [2.75, 3.05) is 0 Å². The molecule has 0 radical (unpaired) electrons. The van der Waals surface area contributed by atoms with Crippen molar-refractivity contribution < 1.29 is 0 Å². The Bertz CT molecular complexity index is 563. The van der Waals surface area contributed by atoms with Crippen LogP contribution in [0, 0.1) is 0 Å². The van der Waals surface area contributed by atoms with Crippen LogP contribution < -0.4 is 11.3 Å². The first-order valence-electron chi connectivity index (χ1n) is 6.75. The van der Waals surface area contributed by atoms with Crippen molar-refractivity contribution >= 4 is 15.9 Å². The molecular weight excluding hydrogens is 316 g/mol. The largest absolute Gasteiger partial charge is 0.271 e. The second kappa shape index (κ2) is 6.08. The zero-order valence-electron chi connectivity index (χ0n) is 12.1. The molecule has 0 aliphatic rings. The summed E-state index contributed by atoms with van der Waals surface area (Å²) in [5.41, 5.74) is 5.11. The number of halogens is 1. The van der Waals surface area contributed by atoms with Crippen LogP contribution >= 0.6 is 15.9 Å². The first-order valence-corrected chi connectivity index (χ1v) is 7.54. The minimum Gasteiger partial charge on any atom is -0.271 e. The Morgan fingerprint density at radius 3 is 2.55 bits per heavy atom. The molecule has 2 aromatic rings. The second-order valence-corrected chi connectivity index (χ2v) is 6.24. The van der Waals surface area contributed by atoms with Gasteiger partial charge in [0.2, 0.25) is 0 Å². The normalized spacial score (nSPS) is 13.4. The second-order valence-electron chi connectivity index (χ2n) is 5.38. The van der Waals surface area contributed by atoms with Crippen molar-refractivity contribution in [2.24, 2.45) is 5.84 Å². The molecule has 0 spiro atoms. The van der Waals surface area contributed by atoms with Gasteiger partial charge in [0.05, 0.1) is 22.4 Å². The number of aromatic nitrogens is 2. The number of hydrogen-bond donors (Lipinski definition) is 2. The van der Waals surface area contributed by atoms with Crippen molar-refractivity contribution in [3.63, 3.8) is 0 Å². The Kier molecular flexibility index (Phi) is 4.62. The lowest BCUT2D eigenvalue weighted by atomic mass is 9.76. The van der Waals surface area contributed by atoms with Gasteiger partial charge in [0.25, 0.3) is 0 Å². The molecule has 0 aliphatic carbocycles. The Morgan fingerprint density at radius 1 is 1.35 bits per heavy atom. The maximum Gasteiger partial charge on any atom is 0.0731 e. The van der Waals surface area contributed by atoms with Gasteiger partial charge in [-0.2, -0.15) is 5.10 Å². The fraction of sp³-hybridized carbons (Fsp3) is 0.400. The van der Waals surface area contributed by atoms with Crippen LogP contribution in [0.5, 0.6) is 0 Å². The number of aryl methyl sites for hydroxylation is 1. The fourth-order valence-corrected chi connectivity index (χ4v) is 3.10. The summed E-state index contributed by atoms with van der Waals surface area (Å²) in [5.74, 6) is 5.87. The van der Waals surface area contributed by atoms with Crippen molar-refractivity contribution in [2.45, 2.75) is 38.8 Å². The molecular formula is C15H21BrN4. The third kappa shape index (κ3) is 2.66. The molecule has 20 heavy (non-hydrogen) atoms. The highest BCUT2D eigenvalue weighted by atomic mass is 79.9. The monoisotopic (exact) mass is 336 g/mol. The molecule has 108 valence electrons. The molecule has 0 saturated heterocycles. The van der Waals surface area contributed by atoms with E-state index in [2.05, 4.69) is 71.5 Å². The molecule has 1 aromatic heterocycles. The molecule has 0 bridgehead atoms. The van der Waals surface area contributed by atoms with E-state index in [0.29, 0.717) is 0 Å². The van der Waals surface area contributed by atoms with E-state index >= 15 is 0 Å². The number of hydrogen-bond acceptors (Lipinski definition) is 3. The molecule has 3 N–H and O–H groups in total. The predicted molar refractivity (Wildman–Crippen MR) is 85.1 cm³/mol. The van der Waals surface area contributed by atoms with Crippen LogP contribution in [0.4, 0.5) is 0 Å². The van der Waals surface area contributed by atoms with Crippen LogP contribution in [0.2, 0.25) is 0 Å². The van der Waals surface area contributed by atoms with Gasteiger partial charge in [0.1, 0.15) is 0 Å². The van der Waals surface area contributed by atoms with E-state index in [1.807, 2.05) is 16.9 Å². The Hall–Kier alpha value is -1.17. The summed E-state index contributed by atoms with van der Waals surface area (Å²) in [6.45, 7) is 7.26. The Morgan fingerprint density at radius 2 is 2.00 bits per heavy atom. The summed E-state index contributed by atoms with van der Waals surface area (Å²) in [4.78, 5) is 0. The molecule has 5 heteroatoms. The van der Waals surface area contributed by atoms with Crippen LogP contribution in [-0.2, 0) is 12.0 Å². The van der Waals surface area contributed by atoms with E-state index < -0.39 is 0 Å². The first kappa shape index (κ1) is 15.2. The summed E-state index contributed by atoms with van der Waals surface area (Å²) < 4.78 is 2.95. The average Bonchev–Trinajstić information content (AvgIpc) is 2.82. The number of benzene rings is 1. The Labute approximate surface area is 128 Å². The minimum atomic E-state index is -0.161. The van der Waals surface area contributed by atoms with E-state index in [0.717, 1.165) is 16.7 Å². The van der Waals surface area contributed by atoms with Crippen molar-refractivity contribution in [3.05, 3.63) is 52.3 Å². The van der Waals surface area contributed by atoms with E-state index in [9.17, 15) is 0 Å². The fourth-order valence-electron chi connectivity index (χ4n) is 2.57. The molecule has 1 unspecified atom stereocenters. The van der Waals surface area contributed by atoms with E-state index in [-0.39, 0.29) is 11.5 Å². The number of nitrogens with two attached hydrogens (primary N) is 1. The summed E-state index contributed by atoms with van der Waals surface area (Å²) in [6, 6.07) is 10.3. The molecule has 1 heterocycles.